The van der Waals surface area contributed by atoms with E-state index in [-0.39, 0.29) is 18.0 Å². The van der Waals surface area contributed by atoms with Gasteiger partial charge < -0.3 is 9.47 Å². The van der Waals surface area contributed by atoms with Crippen LogP contribution in [0.5, 0.6) is 0 Å². The number of esters is 1. The van der Waals surface area contributed by atoms with Crippen LogP contribution in [0.3, 0.4) is 0 Å². The summed E-state index contributed by atoms with van der Waals surface area (Å²) >= 11 is 5.38. The normalized spacial score (nSPS) is 26.8. The third-order valence-corrected chi connectivity index (χ3v) is 2.90. The van der Waals surface area contributed by atoms with E-state index in [4.69, 9.17) is 21.1 Å². The number of carbonyl (C=O) groups is 1. The van der Waals surface area contributed by atoms with Crippen LogP contribution in [0.25, 0.3) is 0 Å². The van der Waals surface area contributed by atoms with Crippen molar-refractivity contribution < 1.29 is 14.3 Å². The number of methoxy groups -OCH3 is 1. The van der Waals surface area contributed by atoms with Crippen LogP contribution < -0.4 is 0 Å². The van der Waals surface area contributed by atoms with Gasteiger partial charge in [-0.25, -0.2) is 0 Å². The highest BCUT2D eigenvalue weighted by atomic mass is 35.5. The monoisotopic (exact) mass is 232 g/mol. The Morgan fingerprint density at radius 3 is 2.60 bits per heavy atom. The highest BCUT2D eigenvalue weighted by Gasteiger charge is 2.26. The van der Waals surface area contributed by atoms with Crippen molar-refractivity contribution in [1.82, 2.24) is 0 Å². The largest absolute Gasteiger partial charge is 0.469 e. The lowest BCUT2D eigenvalue weighted by Crippen LogP contribution is -2.27. The number of hydrogen-bond acceptors (Lipinski definition) is 3. The zero-order valence-electron chi connectivity index (χ0n) is 8.95. The second kappa shape index (κ2) is 6.85. The van der Waals surface area contributed by atoms with Gasteiger partial charge in [-0.2, -0.15) is 0 Å². The van der Waals surface area contributed by atoms with Crippen molar-refractivity contribution in [3.05, 3.63) is 11.6 Å². The topological polar surface area (TPSA) is 35.5 Å². The third-order valence-electron chi connectivity index (χ3n) is 2.73. The standard InChI is InChI=1S/C11H17ClO3/c1-14-11(13)9-3-5-10(6-4-9)15-8-2-7-12/h2,7,9-10H,3-6,8H2,1H3/b7-2+. The average molecular weight is 233 g/mol. The Labute approximate surface area is 95.4 Å². The van der Waals surface area contributed by atoms with E-state index < -0.39 is 0 Å². The average Bonchev–Trinajstić information content (AvgIpc) is 2.29. The van der Waals surface area contributed by atoms with E-state index in [9.17, 15) is 4.79 Å². The Morgan fingerprint density at radius 2 is 2.07 bits per heavy atom. The van der Waals surface area contributed by atoms with Crippen LogP contribution in [0.4, 0.5) is 0 Å². The lowest BCUT2D eigenvalue weighted by Gasteiger charge is -2.26. The summed E-state index contributed by atoms with van der Waals surface area (Å²) in [6.45, 7) is 0.553. The summed E-state index contributed by atoms with van der Waals surface area (Å²) in [6, 6.07) is 0. The Kier molecular flexibility index (Phi) is 5.73. The minimum atomic E-state index is -0.0888. The van der Waals surface area contributed by atoms with Crippen molar-refractivity contribution in [2.24, 2.45) is 5.92 Å². The second-order valence-corrected chi connectivity index (χ2v) is 3.94. The molecule has 0 aromatic heterocycles. The van der Waals surface area contributed by atoms with Gasteiger partial charge in [0, 0.05) is 5.54 Å². The number of hydrogen-bond donors (Lipinski definition) is 0. The molecule has 0 aliphatic heterocycles. The molecule has 1 saturated carbocycles. The summed E-state index contributed by atoms with van der Waals surface area (Å²) in [6.07, 6.45) is 5.61. The van der Waals surface area contributed by atoms with Crippen LogP contribution >= 0.6 is 11.6 Å². The molecular weight excluding hydrogens is 216 g/mol. The van der Waals surface area contributed by atoms with Crippen molar-refractivity contribution in [2.45, 2.75) is 31.8 Å². The van der Waals surface area contributed by atoms with Crippen molar-refractivity contribution in [2.75, 3.05) is 13.7 Å². The van der Waals surface area contributed by atoms with Gasteiger partial charge in [-0.1, -0.05) is 11.6 Å². The van der Waals surface area contributed by atoms with Gasteiger partial charge in [-0.05, 0) is 31.8 Å². The number of ether oxygens (including phenoxy) is 2. The van der Waals surface area contributed by atoms with E-state index in [2.05, 4.69) is 0 Å². The van der Waals surface area contributed by atoms with Crippen molar-refractivity contribution in [3.8, 4) is 0 Å². The van der Waals surface area contributed by atoms with Gasteiger partial charge in [0.05, 0.1) is 25.7 Å². The summed E-state index contributed by atoms with van der Waals surface area (Å²) < 4.78 is 10.3. The summed E-state index contributed by atoms with van der Waals surface area (Å²) in [5.74, 6) is -0.0208. The van der Waals surface area contributed by atoms with E-state index >= 15 is 0 Å². The molecule has 0 radical (unpaired) electrons. The van der Waals surface area contributed by atoms with Gasteiger partial charge >= 0.3 is 5.97 Å². The summed E-state index contributed by atoms with van der Waals surface area (Å²) in [4.78, 5) is 11.2. The molecule has 0 saturated heterocycles. The number of rotatable bonds is 4. The van der Waals surface area contributed by atoms with Crippen LogP contribution in [0, 0.1) is 5.92 Å². The fraction of sp³-hybridized carbons (Fsp3) is 0.727. The van der Waals surface area contributed by atoms with E-state index in [0.717, 1.165) is 25.7 Å². The van der Waals surface area contributed by atoms with E-state index in [1.54, 1.807) is 6.08 Å². The molecule has 15 heavy (non-hydrogen) atoms. The van der Waals surface area contributed by atoms with Gasteiger partial charge in [-0.15, -0.1) is 0 Å². The Balaban J connectivity index is 2.20. The second-order valence-electron chi connectivity index (χ2n) is 3.69. The lowest BCUT2D eigenvalue weighted by molar-refractivity contribution is -0.147. The van der Waals surface area contributed by atoms with E-state index in [1.807, 2.05) is 0 Å². The number of carbonyl (C=O) groups excluding carboxylic acids is 1. The maximum atomic E-state index is 11.2. The SMILES string of the molecule is COC(=O)C1CCC(OC/C=C/Cl)CC1. The zero-order valence-corrected chi connectivity index (χ0v) is 9.70. The maximum absolute atomic E-state index is 11.2. The fourth-order valence-electron chi connectivity index (χ4n) is 1.86. The molecule has 0 N–H and O–H groups in total. The Morgan fingerprint density at radius 1 is 1.40 bits per heavy atom. The minimum absolute atomic E-state index is 0.0680. The molecule has 3 nitrogen and oxygen atoms in total. The Hall–Kier alpha value is -0.540. The van der Waals surface area contributed by atoms with Gasteiger partial charge in [0.25, 0.3) is 0 Å². The van der Waals surface area contributed by atoms with Crippen LogP contribution in [-0.4, -0.2) is 25.8 Å². The van der Waals surface area contributed by atoms with E-state index in [1.165, 1.54) is 12.6 Å². The lowest BCUT2D eigenvalue weighted by atomic mass is 9.87. The molecule has 1 aliphatic carbocycles. The van der Waals surface area contributed by atoms with Crippen LogP contribution in [0.2, 0.25) is 0 Å². The van der Waals surface area contributed by atoms with Crippen molar-refractivity contribution >= 4 is 17.6 Å². The van der Waals surface area contributed by atoms with Gasteiger partial charge in [0.15, 0.2) is 0 Å². The highest BCUT2D eigenvalue weighted by molar-refractivity contribution is 6.25. The molecule has 0 atom stereocenters. The molecule has 1 fully saturated rings. The molecule has 0 amide bonds. The fourth-order valence-corrected chi connectivity index (χ4v) is 1.93. The molecule has 86 valence electrons. The third kappa shape index (κ3) is 4.22. The minimum Gasteiger partial charge on any atom is -0.469 e. The smallest absolute Gasteiger partial charge is 0.308 e. The quantitative estimate of drug-likeness (QED) is 0.699. The number of halogens is 1. The van der Waals surface area contributed by atoms with Crippen molar-refractivity contribution in [1.29, 1.82) is 0 Å². The molecule has 0 unspecified atom stereocenters. The van der Waals surface area contributed by atoms with Crippen LogP contribution in [0.1, 0.15) is 25.7 Å². The molecule has 1 rings (SSSR count). The zero-order chi connectivity index (χ0) is 11.1. The molecule has 4 heteroatoms. The Bertz CT molecular complexity index is 220. The molecule has 1 aliphatic rings. The van der Waals surface area contributed by atoms with E-state index in [0.29, 0.717) is 6.61 Å². The van der Waals surface area contributed by atoms with Gasteiger partial charge in [0.2, 0.25) is 0 Å². The predicted octanol–water partition coefficient (Wildman–Crippen LogP) is 2.49. The first kappa shape index (κ1) is 12.5. The summed E-state index contributed by atoms with van der Waals surface area (Å²) in [7, 11) is 1.44. The van der Waals surface area contributed by atoms with Crippen molar-refractivity contribution in [3.63, 3.8) is 0 Å². The predicted molar refractivity (Wildman–Crippen MR) is 58.7 cm³/mol. The maximum Gasteiger partial charge on any atom is 0.308 e. The first-order chi connectivity index (χ1) is 7.27. The summed E-state index contributed by atoms with van der Waals surface area (Å²) in [5, 5.41) is 0. The molecule has 0 aromatic carbocycles. The molecule has 0 spiro atoms. The van der Waals surface area contributed by atoms with Gasteiger partial charge in [0.1, 0.15) is 0 Å². The molecule has 0 bridgehead atoms. The first-order valence-corrected chi connectivity index (χ1v) is 5.66. The molecular formula is C11H17ClO3. The molecule has 0 aromatic rings. The first-order valence-electron chi connectivity index (χ1n) is 5.22. The molecule has 0 heterocycles. The summed E-state index contributed by atoms with van der Waals surface area (Å²) in [5.41, 5.74) is 1.46. The van der Waals surface area contributed by atoms with Crippen LogP contribution in [0.15, 0.2) is 11.6 Å². The van der Waals surface area contributed by atoms with Gasteiger partial charge in [-0.3, -0.25) is 4.79 Å². The highest BCUT2D eigenvalue weighted by Crippen LogP contribution is 2.26. The van der Waals surface area contributed by atoms with Crippen LogP contribution in [-0.2, 0) is 14.3 Å².